The monoisotopic (exact) mass is 320 g/mol. The minimum Gasteiger partial charge on any atom is -0.372 e. The molecule has 0 N–H and O–H groups in total. The van der Waals surface area contributed by atoms with E-state index in [0.29, 0.717) is 6.10 Å². The van der Waals surface area contributed by atoms with E-state index in [1.807, 2.05) is 23.5 Å². The molecule has 3 rings (SSSR count). The van der Waals surface area contributed by atoms with Crippen molar-refractivity contribution in [2.45, 2.75) is 25.7 Å². The van der Waals surface area contributed by atoms with E-state index in [0.717, 1.165) is 12.4 Å². The van der Waals surface area contributed by atoms with Gasteiger partial charge in [-0.15, -0.1) is 23.5 Å². The van der Waals surface area contributed by atoms with Crippen molar-refractivity contribution in [2.75, 3.05) is 18.6 Å². The lowest BCUT2D eigenvalue weighted by atomic mass is 10.4. The van der Waals surface area contributed by atoms with Gasteiger partial charge in [-0.25, -0.2) is 0 Å². The Balaban J connectivity index is 1.58. The summed E-state index contributed by atoms with van der Waals surface area (Å²) in [6.07, 6.45) is 2.59. The molecule has 104 valence electrons. The first-order chi connectivity index (χ1) is 9.83. The summed E-state index contributed by atoms with van der Waals surface area (Å²) in [5.41, 5.74) is 0. The van der Waals surface area contributed by atoms with Gasteiger partial charge in [0.25, 0.3) is 0 Å². The van der Waals surface area contributed by atoms with E-state index in [4.69, 9.17) is 4.74 Å². The second-order valence-corrected chi connectivity index (χ2v) is 7.64. The third-order valence-corrected chi connectivity index (χ3v) is 5.86. The van der Waals surface area contributed by atoms with E-state index in [1.54, 1.807) is 11.8 Å². The molecule has 0 bridgehead atoms. The number of epoxide rings is 1. The Bertz CT molecular complexity index is 547. The third kappa shape index (κ3) is 4.22. The topological polar surface area (TPSA) is 12.5 Å². The smallest absolute Gasteiger partial charge is 0.0903 e. The van der Waals surface area contributed by atoms with Gasteiger partial charge in [0.2, 0.25) is 0 Å². The molecule has 2 aromatic rings. The quantitative estimate of drug-likeness (QED) is 0.545. The fraction of sp³-hybridized carbons (Fsp3) is 0.250. The molecule has 0 amide bonds. The molecule has 0 aromatic heterocycles. The molecular formula is C16H16OS3. The van der Waals surface area contributed by atoms with Gasteiger partial charge in [0, 0.05) is 25.3 Å². The van der Waals surface area contributed by atoms with Gasteiger partial charge >= 0.3 is 0 Å². The molecule has 1 saturated heterocycles. The zero-order valence-corrected chi connectivity index (χ0v) is 13.7. The van der Waals surface area contributed by atoms with Crippen molar-refractivity contribution in [2.24, 2.45) is 0 Å². The minimum atomic E-state index is 0.490. The molecule has 2 aromatic carbocycles. The fourth-order valence-corrected chi connectivity index (χ4v) is 3.86. The maximum absolute atomic E-state index is 5.23. The maximum atomic E-state index is 5.23. The van der Waals surface area contributed by atoms with Crippen molar-refractivity contribution < 1.29 is 4.74 Å². The zero-order valence-electron chi connectivity index (χ0n) is 11.2. The highest BCUT2D eigenvalue weighted by Crippen LogP contribution is 2.31. The highest BCUT2D eigenvalue weighted by atomic mass is 32.2. The van der Waals surface area contributed by atoms with E-state index >= 15 is 0 Å². The SMILES string of the molecule is CSc1ccc(Sc2ccc(SCC3CO3)cc2)cc1. The molecule has 0 aliphatic carbocycles. The summed E-state index contributed by atoms with van der Waals surface area (Å²) in [5.74, 6) is 1.07. The van der Waals surface area contributed by atoms with Gasteiger partial charge in [-0.1, -0.05) is 11.8 Å². The molecule has 1 heterocycles. The van der Waals surface area contributed by atoms with Crippen LogP contribution >= 0.6 is 35.3 Å². The third-order valence-electron chi connectivity index (χ3n) is 2.96. The lowest BCUT2D eigenvalue weighted by Gasteiger charge is -2.04. The van der Waals surface area contributed by atoms with Gasteiger partial charge in [-0.3, -0.25) is 0 Å². The second kappa shape index (κ2) is 6.94. The Morgan fingerprint density at radius 2 is 1.40 bits per heavy atom. The van der Waals surface area contributed by atoms with Crippen LogP contribution in [0.3, 0.4) is 0 Å². The lowest BCUT2D eigenvalue weighted by molar-refractivity contribution is 0.426. The molecule has 0 saturated carbocycles. The Labute approximate surface area is 132 Å². The van der Waals surface area contributed by atoms with Crippen molar-refractivity contribution in [1.29, 1.82) is 0 Å². The summed E-state index contributed by atoms with van der Waals surface area (Å²) < 4.78 is 5.23. The molecular weight excluding hydrogens is 304 g/mol. The summed E-state index contributed by atoms with van der Waals surface area (Å²) in [7, 11) is 0. The summed E-state index contributed by atoms with van der Waals surface area (Å²) in [6.45, 7) is 0.937. The van der Waals surface area contributed by atoms with Crippen molar-refractivity contribution in [3.8, 4) is 0 Å². The van der Waals surface area contributed by atoms with Crippen LogP contribution < -0.4 is 0 Å². The van der Waals surface area contributed by atoms with Crippen LogP contribution in [0.25, 0.3) is 0 Å². The van der Waals surface area contributed by atoms with Crippen LogP contribution in [0.5, 0.6) is 0 Å². The molecule has 1 unspecified atom stereocenters. The van der Waals surface area contributed by atoms with Gasteiger partial charge in [0.1, 0.15) is 0 Å². The molecule has 4 heteroatoms. The van der Waals surface area contributed by atoms with E-state index in [1.165, 1.54) is 19.6 Å². The van der Waals surface area contributed by atoms with E-state index in [2.05, 4.69) is 54.8 Å². The van der Waals surface area contributed by atoms with Gasteiger partial charge in [0.15, 0.2) is 0 Å². The van der Waals surface area contributed by atoms with Crippen molar-refractivity contribution >= 4 is 35.3 Å². The summed E-state index contributed by atoms with van der Waals surface area (Å²) in [5, 5.41) is 0. The number of thioether (sulfide) groups is 2. The zero-order chi connectivity index (χ0) is 13.8. The van der Waals surface area contributed by atoms with Gasteiger partial charge in [0.05, 0.1) is 12.7 Å². The number of rotatable bonds is 6. The lowest BCUT2D eigenvalue weighted by Crippen LogP contribution is -1.87. The molecule has 0 radical (unpaired) electrons. The Kier molecular flexibility index (Phi) is 4.99. The largest absolute Gasteiger partial charge is 0.372 e. The summed E-state index contributed by atoms with van der Waals surface area (Å²) >= 11 is 5.46. The number of hydrogen-bond acceptors (Lipinski definition) is 4. The molecule has 1 aliphatic rings. The molecule has 1 fully saturated rings. The standard InChI is InChI=1S/C16H16OS3/c1-18-13-2-6-15(7-3-13)20-16-8-4-14(5-9-16)19-11-12-10-17-12/h2-9,12H,10-11H2,1H3. The number of ether oxygens (including phenoxy) is 1. The van der Waals surface area contributed by atoms with Crippen LogP contribution in [0.2, 0.25) is 0 Å². The highest BCUT2D eigenvalue weighted by molar-refractivity contribution is 8.00. The first kappa shape index (κ1) is 14.4. The molecule has 1 atom stereocenters. The Hall–Kier alpha value is -0.550. The molecule has 1 nitrogen and oxygen atoms in total. The average molecular weight is 321 g/mol. The minimum absolute atomic E-state index is 0.490. The van der Waals surface area contributed by atoms with Crippen LogP contribution in [-0.4, -0.2) is 24.7 Å². The van der Waals surface area contributed by atoms with Crippen LogP contribution in [0.15, 0.2) is 68.1 Å². The van der Waals surface area contributed by atoms with Crippen molar-refractivity contribution in [1.82, 2.24) is 0 Å². The van der Waals surface area contributed by atoms with Crippen LogP contribution in [0.1, 0.15) is 0 Å². The van der Waals surface area contributed by atoms with Gasteiger partial charge < -0.3 is 4.74 Å². The van der Waals surface area contributed by atoms with E-state index in [9.17, 15) is 0 Å². The van der Waals surface area contributed by atoms with Gasteiger partial charge in [-0.05, 0) is 54.8 Å². The predicted octanol–water partition coefficient (Wildman–Crippen LogP) is 5.05. The average Bonchev–Trinajstić information content (AvgIpc) is 3.32. The van der Waals surface area contributed by atoms with Crippen LogP contribution in [-0.2, 0) is 4.74 Å². The normalized spacial score (nSPS) is 17.1. The molecule has 20 heavy (non-hydrogen) atoms. The fourth-order valence-electron chi connectivity index (χ4n) is 1.74. The highest BCUT2D eigenvalue weighted by Gasteiger charge is 2.21. The van der Waals surface area contributed by atoms with Crippen molar-refractivity contribution in [3.63, 3.8) is 0 Å². The summed E-state index contributed by atoms with van der Waals surface area (Å²) in [4.78, 5) is 5.20. The van der Waals surface area contributed by atoms with E-state index in [-0.39, 0.29) is 0 Å². The Morgan fingerprint density at radius 3 is 1.90 bits per heavy atom. The van der Waals surface area contributed by atoms with Gasteiger partial charge in [-0.2, -0.15) is 0 Å². The summed E-state index contributed by atoms with van der Waals surface area (Å²) in [6, 6.07) is 17.5. The number of hydrogen-bond donors (Lipinski definition) is 0. The first-order valence-electron chi connectivity index (χ1n) is 6.50. The maximum Gasteiger partial charge on any atom is 0.0903 e. The van der Waals surface area contributed by atoms with Crippen LogP contribution in [0, 0.1) is 0 Å². The first-order valence-corrected chi connectivity index (χ1v) is 9.52. The number of benzene rings is 2. The molecule has 0 spiro atoms. The predicted molar refractivity (Wildman–Crippen MR) is 89.3 cm³/mol. The van der Waals surface area contributed by atoms with Crippen LogP contribution in [0.4, 0.5) is 0 Å². The second-order valence-electron chi connectivity index (χ2n) is 4.52. The van der Waals surface area contributed by atoms with E-state index < -0.39 is 0 Å². The van der Waals surface area contributed by atoms with Crippen molar-refractivity contribution in [3.05, 3.63) is 48.5 Å². The Morgan fingerprint density at radius 1 is 0.900 bits per heavy atom. The molecule has 1 aliphatic heterocycles.